The first-order chi connectivity index (χ1) is 5.67. The van der Waals surface area contributed by atoms with Crippen molar-refractivity contribution in [1.82, 2.24) is 0 Å². The summed E-state index contributed by atoms with van der Waals surface area (Å²) in [4.78, 5) is 11.6. The van der Waals surface area contributed by atoms with Crippen LogP contribution in [0.5, 0.6) is 0 Å². The van der Waals surface area contributed by atoms with E-state index in [-0.39, 0.29) is 11.5 Å². The van der Waals surface area contributed by atoms with Gasteiger partial charge in [-0.1, -0.05) is 0 Å². The lowest BCUT2D eigenvalue weighted by atomic mass is 9.56. The van der Waals surface area contributed by atoms with Crippen LogP contribution in [0.3, 0.4) is 0 Å². The first kappa shape index (κ1) is 8.24. The number of rotatable bonds is 1. The summed E-state index contributed by atoms with van der Waals surface area (Å²) in [6, 6.07) is 0. The molecule has 68 valence electrons. The van der Waals surface area contributed by atoms with Crippen LogP contribution in [0.25, 0.3) is 0 Å². The maximum atomic E-state index is 11.6. The lowest BCUT2D eigenvalue weighted by Crippen LogP contribution is -2.58. The van der Waals surface area contributed by atoms with E-state index in [2.05, 4.69) is 6.92 Å². The molecule has 2 saturated carbocycles. The van der Waals surface area contributed by atoms with Crippen LogP contribution in [0.2, 0.25) is 0 Å². The quantitative estimate of drug-likeness (QED) is 0.596. The molecule has 0 heterocycles. The van der Waals surface area contributed by atoms with Gasteiger partial charge in [0.2, 0.25) is 0 Å². The molecule has 0 radical (unpaired) electrons. The molecule has 1 unspecified atom stereocenters. The van der Waals surface area contributed by atoms with Crippen molar-refractivity contribution in [2.75, 3.05) is 7.11 Å². The summed E-state index contributed by atoms with van der Waals surface area (Å²) in [6.07, 6.45) is 4.19. The molecule has 2 rings (SSSR count). The molecule has 0 aliphatic heterocycles. The first-order valence-electron chi connectivity index (χ1n) is 4.75. The van der Waals surface area contributed by atoms with Crippen LogP contribution >= 0.6 is 0 Å². The SMILES string of the molecule is COC1(C)C[C@H]2CCCC(=O)[C@H]21. The number of ether oxygens (including phenoxy) is 1. The Morgan fingerprint density at radius 3 is 2.92 bits per heavy atom. The maximum Gasteiger partial charge on any atom is 0.139 e. The molecular weight excluding hydrogens is 152 g/mol. The van der Waals surface area contributed by atoms with Gasteiger partial charge in [0.05, 0.1) is 5.60 Å². The molecule has 0 spiro atoms. The third-order valence-corrected chi connectivity index (χ3v) is 3.61. The number of carbonyl (C=O) groups is 1. The number of Topliss-reactive ketones (excluding diaryl/α,β-unsaturated/α-hetero) is 1. The Morgan fingerprint density at radius 1 is 1.58 bits per heavy atom. The van der Waals surface area contributed by atoms with E-state index in [1.165, 1.54) is 6.42 Å². The fourth-order valence-electron chi connectivity index (χ4n) is 2.88. The lowest BCUT2D eigenvalue weighted by molar-refractivity contribution is -0.175. The maximum absolute atomic E-state index is 11.6. The zero-order valence-corrected chi connectivity index (χ0v) is 7.80. The van der Waals surface area contributed by atoms with Crippen molar-refractivity contribution < 1.29 is 9.53 Å². The minimum Gasteiger partial charge on any atom is -0.378 e. The van der Waals surface area contributed by atoms with E-state index in [0.717, 1.165) is 19.3 Å². The summed E-state index contributed by atoms with van der Waals surface area (Å²) in [7, 11) is 1.72. The molecule has 2 fully saturated rings. The van der Waals surface area contributed by atoms with Crippen molar-refractivity contribution in [2.45, 2.75) is 38.2 Å². The third-order valence-electron chi connectivity index (χ3n) is 3.61. The standard InChI is InChI=1S/C10H16O2/c1-10(12-2)6-7-4-3-5-8(11)9(7)10/h7,9H,3-6H2,1-2H3/t7-,9+,10?/m1/s1. The van der Waals surface area contributed by atoms with Crippen LogP contribution in [-0.4, -0.2) is 18.5 Å². The predicted octanol–water partition coefficient (Wildman–Crippen LogP) is 1.78. The molecule has 0 amide bonds. The van der Waals surface area contributed by atoms with Gasteiger partial charge < -0.3 is 4.74 Å². The zero-order valence-electron chi connectivity index (χ0n) is 7.80. The van der Waals surface area contributed by atoms with Gasteiger partial charge in [-0.3, -0.25) is 4.79 Å². The highest BCUT2D eigenvalue weighted by atomic mass is 16.5. The van der Waals surface area contributed by atoms with Gasteiger partial charge in [0.1, 0.15) is 5.78 Å². The molecule has 0 aromatic heterocycles. The first-order valence-corrected chi connectivity index (χ1v) is 4.75. The van der Waals surface area contributed by atoms with Crippen molar-refractivity contribution in [3.05, 3.63) is 0 Å². The summed E-state index contributed by atoms with van der Waals surface area (Å²) in [5.41, 5.74) is -0.123. The second-order valence-electron chi connectivity index (χ2n) is 4.32. The number of fused-ring (bicyclic) bond motifs is 1. The highest BCUT2D eigenvalue weighted by Crippen LogP contribution is 2.51. The largest absolute Gasteiger partial charge is 0.378 e. The van der Waals surface area contributed by atoms with Gasteiger partial charge in [-0.2, -0.15) is 0 Å². The highest BCUT2D eigenvalue weighted by Gasteiger charge is 2.55. The van der Waals surface area contributed by atoms with Crippen molar-refractivity contribution in [3.8, 4) is 0 Å². The molecule has 2 aliphatic rings. The Balaban J connectivity index is 2.13. The van der Waals surface area contributed by atoms with E-state index < -0.39 is 0 Å². The molecule has 0 aromatic rings. The summed E-state index contributed by atoms with van der Waals surface area (Å²) >= 11 is 0. The third kappa shape index (κ3) is 0.939. The molecule has 0 saturated heterocycles. The monoisotopic (exact) mass is 168 g/mol. The predicted molar refractivity (Wildman–Crippen MR) is 45.9 cm³/mol. The number of hydrogen-bond donors (Lipinski definition) is 0. The van der Waals surface area contributed by atoms with Gasteiger partial charge in [-0.15, -0.1) is 0 Å². The Labute approximate surface area is 73.3 Å². The highest BCUT2D eigenvalue weighted by molar-refractivity contribution is 5.84. The number of hydrogen-bond acceptors (Lipinski definition) is 2. The second-order valence-corrected chi connectivity index (χ2v) is 4.32. The second kappa shape index (κ2) is 2.56. The molecule has 2 heteroatoms. The summed E-state index contributed by atoms with van der Waals surface area (Å²) in [6.45, 7) is 2.07. The number of ketones is 1. The molecule has 2 nitrogen and oxygen atoms in total. The average molecular weight is 168 g/mol. The summed E-state index contributed by atoms with van der Waals surface area (Å²) in [5.74, 6) is 1.29. The summed E-state index contributed by atoms with van der Waals surface area (Å²) < 4.78 is 5.39. The van der Waals surface area contributed by atoms with E-state index in [1.54, 1.807) is 7.11 Å². The molecule has 2 aliphatic carbocycles. The minimum atomic E-state index is -0.123. The number of carbonyl (C=O) groups excluding carboxylic acids is 1. The van der Waals surface area contributed by atoms with Gasteiger partial charge in [0.25, 0.3) is 0 Å². The van der Waals surface area contributed by atoms with E-state index in [1.807, 2.05) is 0 Å². The van der Waals surface area contributed by atoms with E-state index in [9.17, 15) is 4.79 Å². The molecular formula is C10H16O2. The fourth-order valence-corrected chi connectivity index (χ4v) is 2.88. The molecule has 12 heavy (non-hydrogen) atoms. The smallest absolute Gasteiger partial charge is 0.139 e. The Hall–Kier alpha value is -0.370. The van der Waals surface area contributed by atoms with Crippen LogP contribution < -0.4 is 0 Å². The Bertz CT molecular complexity index is 212. The Morgan fingerprint density at radius 2 is 2.33 bits per heavy atom. The van der Waals surface area contributed by atoms with Crippen molar-refractivity contribution in [3.63, 3.8) is 0 Å². The van der Waals surface area contributed by atoms with Gasteiger partial charge in [-0.05, 0) is 32.1 Å². The van der Waals surface area contributed by atoms with Crippen LogP contribution in [0.1, 0.15) is 32.6 Å². The van der Waals surface area contributed by atoms with Crippen LogP contribution in [0.4, 0.5) is 0 Å². The van der Waals surface area contributed by atoms with Crippen molar-refractivity contribution in [1.29, 1.82) is 0 Å². The van der Waals surface area contributed by atoms with E-state index in [0.29, 0.717) is 11.7 Å². The van der Waals surface area contributed by atoms with Crippen molar-refractivity contribution in [2.24, 2.45) is 11.8 Å². The molecule has 0 N–H and O–H groups in total. The van der Waals surface area contributed by atoms with Gasteiger partial charge in [0.15, 0.2) is 0 Å². The van der Waals surface area contributed by atoms with E-state index in [4.69, 9.17) is 4.74 Å². The Kier molecular flexibility index (Phi) is 1.76. The zero-order chi connectivity index (χ0) is 8.77. The van der Waals surface area contributed by atoms with Gasteiger partial charge >= 0.3 is 0 Å². The van der Waals surface area contributed by atoms with E-state index >= 15 is 0 Å². The average Bonchev–Trinajstić information content (AvgIpc) is 2.01. The van der Waals surface area contributed by atoms with Crippen LogP contribution in [-0.2, 0) is 9.53 Å². The minimum absolute atomic E-state index is 0.123. The van der Waals surface area contributed by atoms with Gasteiger partial charge in [0, 0.05) is 19.4 Å². The summed E-state index contributed by atoms with van der Waals surface area (Å²) in [5, 5.41) is 0. The topological polar surface area (TPSA) is 26.3 Å². The normalized spacial score (nSPS) is 46.7. The lowest BCUT2D eigenvalue weighted by Gasteiger charge is -2.53. The van der Waals surface area contributed by atoms with Gasteiger partial charge in [-0.25, -0.2) is 0 Å². The molecule has 0 bridgehead atoms. The molecule has 0 aromatic carbocycles. The van der Waals surface area contributed by atoms with Crippen LogP contribution in [0.15, 0.2) is 0 Å². The molecule has 3 atom stereocenters. The van der Waals surface area contributed by atoms with Crippen molar-refractivity contribution >= 4 is 5.78 Å². The fraction of sp³-hybridized carbons (Fsp3) is 0.900. The van der Waals surface area contributed by atoms with Crippen LogP contribution in [0, 0.1) is 11.8 Å². The number of methoxy groups -OCH3 is 1.